The highest BCUT2D eigenvalue weighted by atomic mass is 16.5. The summed E-state index contributed by atoms with van der Waals surface area (Å²) in [5, 5.41) is 0. The summed E-state index contributed by atoms with van der Waals surface area (Å²) in [5.41, 5.74) is 5.96. The number of allylic oxidation sites excluding steroid dienone is 1. The smallest absolute Gasteiger partial charge is 0.340 e. The van der Waals surface area contributed by atoms with Gasteiger partial charge in [-0.05, 0) is 67.8 Å². The zero-order valence-electron chi connectivity index (χ0n) is 17.7. The average Bonchev–Trinajstić information content (AvgIpc) is 2.90. The number of benzene rings is 2. The molecule has 0 bridgehead atoms. The number of hydrogen-bond donors (Lipinski definition) is 0. The molecule has 2 aromatic rings. The molecule has 150 valence electrons. The van der Waals surface area contributed by atoms with E-state index >= 15 is 0 Å². The molecule has 0 atom stereocenters. The summed E-state index contributed by atoms with van der Waals surface area (Å²) in [5.74, 6) is -0.747. The van der Waals surface area contributed by atoms with Gasteiger partial charge in [0.25, 0.3) is 5.91 Å². The van der Waals surface area contributed by atoms with Gasteiger partial charge in [0.15, 0.2) is 0 Å². The van der Waals surface area contributed by atoms with Crippen molar-refractivity contribution < 1.29 is 14.3 Å². The Morgan fingerprint density at radius 3 is 2.10 bits per heavy atom. The Labute approximate surface area is 171 Å². The van der Waals surface area contributed by atoms with Gasteiger partial charge in [-0.3, -0.25) is 9.69 Å². The number of hydrogen-bond acceptors (Lipinski definition) is 4. The average molecular weight is 390 g/mol. The van der Waals surface area contributed by atoms with E-state index in [1.54, 1.807) is 17.9 Å². The third kappa shape index (κ3) is 3.94. The summed E-state index contributed by atoms with van der Waals surface area (Å²) in [6, 6.07) is 13.7. The zero-order chi connectivity index (χ0) is 21.3. The van der Waals surface area contributed by atoms with Gasteiger partial charge in [0.2, 0.25) is 0 Å². The molecule has 0 aliphatic carbocycles. The second-order valence-corrected chi connectivity index (χ2v) is 7.48. The van der Waals surface area contributed by atoms with E-state index in [4.69, 9.17) is 4.74 Å². The minimum Gasteiger partial charge on any atom is -0.465 e. The highest BCUT2D eigenvalue weighted by Gasteiger charge is 2.38. The summed E-state index contributed by atoms with van der Waals surface area (Å²) in [4.78, 5) is 29.5. The summed E-state index contributed by atoms with van der Waals surface area (Å²) in [6.07, 6.45) is 1.75. The molecule has 0 unspecified atom stereocenters. The Morgan fingerprint density at radius 1 is 1.00 bits per heavy atom. The van der Waals surface area contributed by atoms with Crippen molar-refractivity contribution in [1.82, 2.24) is 0 Å². The molecular formula is C24H26N2O3. The third-order valence-electron chi connectivity index (χ3n) is 4.97. The molecule has 1 amide bonds. The molecule has 5 heteroatoms. The number of carbonyl (C=O) groups excluding carboxylic acids is 2. The largest absolute Gasteiger partial charge is 0.465 e. The number of ether oxygens (including phenoxy) is 1. The summed E-state index contributed by atoms with van der Waals surface area (Å²) in [6.45, 7) is 5.75. The predicted molar refractivity (Wildman–Crippen MR) is 117 cm³/mol. The molecule has 1 heterocycles. The molecule has 0 aromatic heterocycles. The summed E-state index contributed by atoms with van der Waals surface area (Å²) in [7, 11) is 5.27. The number of rotatable bonds is 4. The van der Waals surface area contributed by atoms with E-state index in [-0.39, 0.29) is 5.91 Å². The zero-order valence-corrected chi connectivity index (χ0v) is 17.7. The van der Waals surface area contributed by atoms with Crippen LogP contribution < -0.4 is 9.80 Å². The van der Waals surface area contributed by atoms with Crippen LogP contribution in [-0.4, -0.2) is 33.1 Å². The first kappa shape index (κ1) is 20.4. The fraction of sp³-hybridized carbons (Fsp3) is 0.250. The Bertz CT molecular complexity index is 1010. The SMILES string of the molecule is COC(=O)C1=C(C)N(c2cc(C)cc(C)c2)C(=O)/C1=C\c1ccc(N(C)C)cc1. The van der Waals surface area contributed by atoms with E-state index in [2.05, 4.69) is 0 Å². The molecule has 3 rings (SSSR count). The van der Waals surface area contributed by atoms with E-state index in [0.717, 1.165) is 28.1 Å². The van der Waals surface area contributed by atoms with Crippen molar-refractivity contribution in [2.45, 2.75) is 20.8 Å². The molecule has 1 aliphatic heterocycles. The molecule has 0 saturated carbocycles. The van der Waals surface area contributed by atoms with Gasteiger partial charge in [-0.15, -0.1) is 0 Å². The molecule has 0 radical (unpaired) electrons. The van der Waals surface area contributed by atoms with Crippen molar-refractivity contribution in [3.63, 3.8) is 0 Å². The lowest BCUT2D eigenvalue weighted by molar-refractivity contribution is -0.136. The Kier molecular flexibility index (Phi) is 5.59. The van der Waals surface area contributed by atoms with E-state index < -0.39 is 5.97 Å². The first-order chi connectivity index (χ1) is 13.7. The van der Waals surface area contributed by atoms with Crippen LogP contribution in [0.25, 0.3) is 6.08 Å². The predicted octanol–water partition coefficient (Wildman–Crippen LogP) is 4.25. The highest BCUT2D eigenvalue weighted by molar-refractivity contribution is 6.23. The van der Waals surface area contributed by atoms with Crippen LogP contribution in [0.4, 0.5) is 11.4 Å². The first-order valence-corrected chi connectivity index (χ1v) is 9.44. The monoisotopic (exact) mass is 390 g/mol. The Morgan fingerprint density at radius 2 is 1.59 bits per heavy atom. The quantitative estimate of drug-likeness (QED) is 0.579. The van der Waals surface area contributed by atoms with E-state index in [1.165, 1.54) is 7.11 Å². The molecule has 0 saturated heterocycles. The standard InChI is InChI=1S/C24H26N2O3/c1-15-11-16(2)13-20(12-15)26-17(3)22(24(28)29-6)21(23(26)27)14-18-7-9-19(10-8-18)25(4)5/h7-14H,1-6H3/b21-14-. The van der Waals surface area contributed by atoms with Gasteiger partial charge in [0.05, 0.1) is 18.3 Å². The molecule has 1 aliphatic rings. The number of amides is 1. The number of carbonyl (C=O) groups is 2. The lowest BCUT2D eigenvalue weighted by Gasteiger charge is -2.19. The van der Waals surface area contributed by atoms with E-state index in [1.807, 2.05) is 75.3 Å². The number of methoxy groups -OCH3 is 1. The van der Waals surface area contributed by atoms with Gasteiger partial charge in [0, 0.05) is 31.2 Å². The van der Waals surface area contributed by atoms with E-state index in [0.29, 0.717) is 16.8 Å². The maximum absolute atomic E-state index is 13.3. The van der Waals surface area contributed by atoms with Crippen molar-refractivity contribution >= 4 is 29.3 Å². The maximum atomic E-state index is 13.3. The first-order valence-electron chi connectivity index (χ1n) is 9.44. The second-order valence-electron chi connectivity index (χ2n) is 7.48. The highest BCUT2D eigenvalue weighted by Crippen LogP contribution is 2.36. The molecule has 2 aromatic carbocycles. The van der Waals surface area contributed by atoms with Crippen molar-refractivity contribution in [1.29, 1.82) is 0 Å². The minimum atomic E-state index is -0.515. The van der Waals surface area contributed by atoms with Gasteiger partial charge in [-0.25, -0.2) is 4.79 Å². The van der Waals surface area contributed by atoms with Gasteiger partial charge < -0.3 is 9.64 Å². The summed E-state index contributed by atoms with van der Waals surface area (Å²) >= 11 is 0. The van der Waals surface area contributed by atoms with Crippen LogP contribution in [0, 0.1) is 13.8 Å². The maximum Gasteiger partial charge on any atom is 0.340 e. The summed E-state index contributed by atoms with van der Waals surface area (Å²) < 4.78 is 4.98. The van der Waals surface area contributed by atoms with Gasteiger partial charge in [0.1, 0.15) is 0 Å². The molecule has 5 nitrogen and oxygen atoms in total. The van der Waals surface area contributed by atoms with Crippen LogP contribution in [0.2, 0.25) is 0 Å². The van der Waals surface area contributed by atoms with Gasteiger partial charge in [-0.2, -0.15) is 0 Å². The number of anilines is 2. The fourth-order valence-electron chi connectivity index (χ4n) is 3.61. The van der Waals surface area contributed by atoms with Crippen LogP contribution in [0.5, 0.6) is 0 Å². The van der Waals surface area contributed by atoms with Crippen LogP contribution in [-0.2, 0) is 14.3 Å². The second kappa shape index (κ2) is 7.95. The normalized spacial score (nSPS) is 15.3. The van der Waals surface area contributed by atoms with Crippen molar-refractivity contribution in [3.05, 3.63) is 76.0 Å². The lowest BCUT2D eigenvalue weighted by atomic mass is 10.0. The number of nitrogens with zero attached hydrogens (tertiary/aromatic N) is 2. The third-order valence-corrected chi connectivity index (χ3v) is 4.97. The molecule has 0 fully saturated rings. The van der Waals surface area contributed by atoms with Gasteiger partial charge in [-0.1, -0.05) is 18.2 Å². The van der Waals surface area contributed by atoms with Crippen molar-refractivity contribution in [3.8, 4) is 0 Å². The van der Waals surface area contributed by atoms with Crippen molar-refractivity contribution in [2.24, 2.45) is 0 Å². The van der Waals surface area contributed by atoms with Crippen LogP contribution in [0.1, 0.15) is 23.6 Å². The minimum absolute atomic E-state index is 0.232. The van der Waals surface area contributed by atoms with Gasteiger partial charge >= 0.3 is 5.97 Å². The van der Waals surface area contributed by atoms with Crippen LogP contribution in [0.15, 0.2) is 59.3 Å². The van der Waals surface area contributed by atoms with Crippen molar-refractivity contribution in [2.75, 3.05) is 31.0 Å². The van der Waals surface area contributed by atoms with Crippen LogP contribution >= 0.6 is 0 Å². The number of aryl methyl sites for hydroxylation is 2. The Balaban J connectivity index is 2.11. The van der Waals surface area contributed by atoms with E-state index in [9.17, 15) is 9.59 Å². The fourth-order valence-corrected chi connectivity index (χ4v) is 3.61. The lowest BCUT2D eigenvalue weighted by Crippen LogP contribution is -2.24. The topological polar surface area (TPSA) is 49.9 Å². The molecular weight excluding hydrogens is 364 g/mol. The molecule has 0 spiro atoms. The van der Waals surface area contributed by atoms with Crippen LogP contribution in [0.3, 0.4) is 0 Å². The Hall–Kier alpha value is -3.34. The number of esters is 1. The molecule has 0 N–H and O–H groups in total. The molecule has 29 heavy (non-hydrogen) atoms.